The van der Waals surface area contributed by atoms with Crippen molar-refractivity contribution in [3.05, 3.63) is 24.5 Å². The zero-order valence-corrected chi connectivity index (χ0v) is 11.0. The lowest BCUT2D eigenvalue weighted by atomic mass is 10.1. The van der Waals surface area contributed by atoms with Crippen LogP contribution in [0.1, 0.15) is 19.3 Å². The highest BCUT2D eigenvalue weighted by atomic mass is 16.1. The van der Waals surface area contributed by atoms with Gasteiger partial charge in [0.2, 0.25) is 5.91 Å². The zero-order chi connectivity index (χ0) is 13.2. The molecule has 2 heterocycles. The fourth-order valence-electron chi connectivity index (χ4n) is 2.58. The average Bonchev–Trinajstić information content (AvgIpc) is 3.00. The molecule has 19 heavy (non-hydrogen) atoms. The molecule has 1 aliphatic rings. The molecule has 0 bridgehead atoms. The van der Waals surface area contributed by atoms with Gasteiger partial charge in [0.15, 0.2) is 0 Å². The quantitative estimate of drug-likeness (QED) is 0.880. The molecule has 3 rings (SSSR count). The van der Waals surface area contributed by atoms with E-state index in [1.54, 1.807) is 6.33 Å². The van der Waals surface area contributed by atoms with E-state index in [0.717, 1.165) is 36.1 Å². The molecule has 5 heteroatoms. The number of aromatic nitrogens is 2. The van der Waals surface area contributed by atoms with Crippen LogP contribution in [0.15, 0.2) is 24.5 Å². The summed E-state index contributed by atoms with van der Waals surface area (Å²) in [5.74, 6) is 0.0645. The molecule has 2 N–H and O–H groups in total. The van der Waals surface area contributed by atoms with Gasteiger partial charge < -0.3 is 15.2 Å². The number of carbonyl (C=O) groups is 1. The summed E-state index contributed by atoms with van der Waals surface area (Å²) in [5.41, 5.74) is 2.78. The third-order valence-electron chi connectivity index (χ3n) is 3.60. The maximum Gasteiger partial charge on any atom is 0.225 e. The maximum absolute atomic E-state index is 11.9. The Bertz CT molecular complexity index is 599. The van der Waals surface area contributed by atoms with Crippen LogP contribution < -0.4 is 10.6 Å². The first kappa shape index (κ1) is 12.2. The number of fused-ring (bicyclic) bond motifs is 1. The summed E-state index contributed by atoms with van der Waals surface area (Å²) in [5, 5.41) is 6.27. The van der Waals surface area contributed by atoms with Crippen LogP contribution in [0.25, 0.3) is 11.0 Å². The maximum atomic E-state index is 11.9. The molecule has 100 valence electrons. The number of hydrogen-bond acceptors (Lipinski definition) is 3. The SMILES string of the molecule is Cn1cnc2cc(NC(=O)CC3CCCN3)ccc21. The number of anilines is 1. The Kier molecular flexibility index (Phi) is 3.21. The van der Waals surface area contributed by atoms with Crippen LogP contribution in [0, 0.1) is 0 Å². The summed E-state index contributed by atoms with van der Waals surface area (Å²) in [6, 6.07) is 6.14. The van der Waals surface area contributed by atoms with E-state index in [1.807, 2.05) is 29.8 Å². The lowest BCUT2D eigenvalue weighted by Crippen LogP contribution is -2.27. The summed E-state index contributed by atoms with van der Waals surface area (Å²) >= 11 is 0. The number of nitrogens with zero attached hydrogens (tertiary/aromatic N) is 2. The van der Waals surface area contributed by atoms with E-state index in [4.69, 9.17) is 0 Å². The van der Waals surface area contributed by atoms with Gasteiger partial charge in [-0.15, -0.1) is 0 Å². The van der Waals surface area contributed by atoms with Crippen LogP contribution in [0.2, 0.25) is 0 Å². The molecule has 0 saturated carbocycles. The Morgan fingerprint density at radius 1 is 1.58 bits per heavy atom. The van der Waals surface area contributed by atoms with Crippen LogP contribution in [-0.2, 0) is 11.8 Å². The van der Waals surface area contributed by atoms with Crippen LogP contribution in [0.5, 0.6) is 0 Å². The van der Waals surface area contributed by atoms with Gasteiger partial charge in [-0.2, -0.15) is 0 Å². The van der Waals surface area contributed by atoms with Gasteiger partial charge in [0, 0.05) is 25.2 Å². The number of carbonyl (C=O) groups excluding carboxylic acids is 1. The summed E-state index contributed by atoms with van der Waals surface area (Å²) in [4.78, 5) is 16.2. The molecule has 5 nitrogen and oxygen atoms in total. The van der Waals surface area contributed by atoms with E-state index in [1.165, 1.54) is 0 Å². The molecule has 1 aromatic heterocycles. The predicted molar refractivity (Wildman–Crippen MR) is 75.0 cm³/mol. The van der Waals surface area contributed by atoms with Crippen molar-refractivity contribution in [2.75, 3.05) is 11.9 Å². The van der Waals surface area contributed by atoms with E-state index in [2.05, 4.69) is 15.6 Å². The fourth-order valence-corrected chi connectivity index (χ4v) is 2.58. The molecule has 1 fully saturated rings. The zero-order valence-electron chi connectivity index (χ0n) is 11.0. The fraction of sp³-hybridized carbons (Fsp3) is 0.429. The number of amides is 1. The topological polar surface area (TPSA) is 59.0 Å². The van der Waals surface area contributed by atoms with Gasteiger partial charge in [-0.05, 0) is 37.6 Å². The number of aryl methyl sites for hydroxylation is 1. The van der Waals surface area contributed by atoms with Crippen molar-refractivity contribution >= 4 is 22.6 Å². The molecule has 2 aromatic rings. The average molecular weight is 258 g/mol. The van der Waals surface area contributed by atoms with Crippen molar-refractivity contribution in [1.82, 2.24) is 14.9 Å². The van der Waals surface area contributed by atoms with Crippen molar-refractivity contribution in [2.24, 2.45) is 7.05 Å². The molecule has 1 amide bonds. The molecular formula is C14H18N4O. The monoisotopic (exact) mass is 258 g/mol. The molecule has 1 aromatic carbocycles. The molecule has 1 saturated heterocycles. The third kappa shape index (κ3) is 2.61. The summed E-state index contributed by atoms with van der Waals surface area (Å²) < 4.78 is 1.96. The Morgan fingerprint density at radius 3 is 3.26 bits per heavy atom. The first-order valence-electron chi connectivity index (χ1n) is 6.67. The normalized spacial score (nSPS) is 18.9. The summed E-state index contributed by atoms with van der Waals surface area (Å²) in [6.45, 7) is 1.03. The number of rotatable bonds is 3. The van der Waals surface area contributed by atoms with Crippen LogP contribution in [0.4, 0.5) is 5.69 Å². The number of nitrogens with one attached hydrogen (secondary N) is 2. The second-order valence-corrected chi connectivity index (χ2v) is 5.10. The van der Waals surface area contributed by atoms with Gasteiger partial charge in [0.25, 0.3) is 0 Å². The largest absolute Gasteiger partial charge is 0.334 e. The Morgan fingerprint density at radius 2 is 2.47 bits per heavy atom. The highest BCUT2D eigenvalue weighted by molar-refractivity contribution is 5.93. The molecule has 1 aliphatic heterocycles. The first-order chi connectivity index (χ1) is 9.22. The minimum Gasteiger partial charge on any atom is -0.334 e. The molecule has 1 atom stereocenters. The second-order valence-electron chi connectivity index (χ2n) is 5.10. The predicted octanol–water partition coefficient (Wildman–Crippen LogP) is 1.65. The molecule has 0 spiro atoms. The minimum absolute atomic E-state index is 0.0645. The van der Waals surface area contributed by atoms with Crippen molar-refractivity contribution in [2.45, 2.75) is 25.3 Å². The van der Waals surface area contributed by atoms with Crippen LogP contribution in [0.3, 0.4) is 0 Å². The van der Waals surface area contributed by atoms with Gasteiger partial charge in [0.1, 0.15) is 0 Å². The van der Waals surface area contributed by atoms with Gasteiger partial charge in [0.05, 0.1) is 17.4 Å². The standard InChI is InChI=1S/C14H18N4O/c1-18-9-16-12-7-11(4-5-13(12)18)17-14(19)8-10-3-2-6-15-10/h4-5,7,9-10,15H,2-3,6,8H2,1H3,(H,17,19). The molecule has 1 unspecified atom stereocenters. The summed E-state index contributed by atoms with van der Waals surface area (Å²) in [7, 11) is 1.96. The smallest absolute Gasteiger partial charge is 0.225 e. The lowest BCUT2D eigenvalue weighted by Gasteiger charge is -2.10. The van der Waals surface area contributed by atoms with Gasteiger partial charge in [-0.1, -0.05) is 0 Å². The Labute approximate surface area is 112 Å². The van der Waals surface area contributed by atoms with E-state index >= 15 is 0 Å². The van der Waals surface area contributed by atoms with Gasteiger partial charge in [-0.25, -0.2) is 4.98 Å². The molecular weight excluding hydrogens is 240 g/mol. The van der Waals surface area contributed by atoms with Crippen molar-refractivity contribution in [1.29, 1.82) is 0 Å². The van der Waals surface area contributed by atoms with E-state index in [0.29, 0.717) is 12.5 Å². The van der Waals surface area contributed by atoms with Crippen LogP contribution in [-0.4, -0.2) is 28.0 Å². The van der Waals surface area contributed by atoms with E-state index in [-0.39, 0.29) is 5.91 Å². The first-order valence-corrected chi connectivity index (χ1v) is 6.67. The Balaban J connectivity index is 1.68. The molecule has 0 aliphatic carbocycles. The highest BCUT2D eigenvalue weighted by Gasteiger charge is 2.17. The third-order valence-corrected chi connectivity index (χ3v) is 3.60. The Hall–Kier alpha value is -1.88. The van der Waals surface area contributed by atoms with Gasteiger partial charge in [-0.3, -0.25) is 4.79 Å². The second kappa shape index (κ2) is 5.01. The van der Waals surface area contributed by atoms with Crippen LogP contribution >= 0.6 is 0 Å². The van der Waals surface area contributed by atoms with E-state index < -0.39 is 0 Å². The lowest BCUT2D eigenvalue weighted by molar-refractivity contribution is -0.116. The highest BCUT2D eigenvalue weighted by Crippen LogP contribution is 2.18. The number of imidazole rings is 1. The van der Waals surface area contributed by atoms with Crippen molar-refractivity contribution in [3.8, 4) is 0 Å². The molecule has 0 radical (unpaired) electrons. The summed E-state index contributed by atoms with van der Waals surface area (Å²) in [6.07, 6.45) is 4.57. The van der Waals surface area contributed by atoms with Crippen molar-refractivity contribution in [3.63, 3.8) is 0 Å². The van der Waals surface area contributed by atoms with Gasteiger partial charge >= 0.3 is 0 Å². The number of hydrogen-bond donors (Lipinski definition) is 2. The van der Waals surface area contributed by atoms with E-state index in [9.17, 15) is 4.79 Å². The number of benzene rings is 1. The minimum atomic E-state index is 0.0645. The van der Waals surface area contributed by atoms with Crippen molar-refractivity contribution < 1.29 is 4.79 Å².